The Hall–Kier alpha value is -2.89. The number of aromatic nitrogens is 1. The van der Waals surface area contributed by atoms with Crippen LogP contribution in [0, 0.1) is 18.3 Å². The molecule has 0 saturated carbocycles. The topological polar surface area (TPSA) is 69.3 Å². The number of thioether (sulfide) groups is 1. The van der Waals surface area contributed by atoms with Crippen molar-refractivity contribution in [2.45, 2.75) is 33.2 Å². The summed E-state index contributed by atoms with van der Waals surface area (Å²) in [6, 6.07) is 11.7. The van der Waals surface area contributed by atoms with Gasteiger partial charge in [0, 0.05) is 26.2 Å². The van der Waals surface area contributed by atoms with E-state index >= 15 is 0 Å². The van der Waals surface area contributed by atoms with E-state index < -0.39 is 0 Å². The Labute approximate surface area is 198 Å². The van der Waals surface area contributed by atoms with Gasteiger partial charge in [0.05, 0.1) is 11.4 Å². The molecule has 1 saturated heterocycles. The summed E-state index contributed by atoms with van der Waals surface area (Å²) in [4.78, 5) is 30.1. The third-order valence-corrected chi connectivity index (χ3v) is 6.89. The number of nitrogens with zero attached hydrogens (tertiary/aromatic N) is 4. The lowest BCUT2D eigenvalue weighted by molar-refractivity contribution is -0.122. The lowest BCUT2D eigenvalue weighted by atomic mass is 10.0. The monoisotopic (exact) mass is 466 g/mol. The van der Waals surface area contributed by atoms with Crippen molar-refractivity contribution in [3.63, 3.8) is 0 Å². The first kappa shape index (κ1) is 23.8. The number of benzene rings is 1. The van der Waals surface area contributed by atoms with Gasteiger partial charge in [0.15, 0.2) is 0 Å². The lowest BCUT2D eigenvalue weighted by Crippen LogP contribution is -2.31. The Morgan fingerprint density at radius 1 is 1.25 bits per heavy atom. The van der Waals surface area contributed by atoms with Crippen LogP contribution in [0.2, 0.25) is 0 Å². The number of hydrogen-bond acceptors (Lipinski definition) is 6. The standard InChI is InChI=1S/C24H26N4O2S2/c1-5-6-12-26(3)21-18(16(2)19(14-25)22(29)27(21)4)13-20-23(30)28(24(31)32-20)15-17-10-8-7-9-11-17/h7-11,13H,5-6,12,15H2,1-4H3. The molecule has 1 fully saturated rings. The molecule has 0 aliphatic carbocycles. The van der Waals surface area contributed by atoms with Crippen LogP contribution in [-0.2, 0) is 18.4 Å². The molecule has 6 nitrogen and oxygen atoms in total. The van der Waals surface area contributed by atoms with Crippen LogP contribution in [0.25, 0.3) is 6.08 Å². The number of pyridine rings is 1. The van der Waals surface area contributed by atoms with E-state index in [1.807, 2.05) is 48.3 Å². The molecular weight excluding hydrogens is 440 g/mol. The van der Waals surface area contributed by atoms with Gasteiger partial charge in [-0.2, -0.15) is 5.26 Å². The molecule has 0 bridgehead atoms. The molecule has 0 unspecified atom stereocenters. The number of carbonyl (C=O) groups excluding carboxylic acids is 1. The molecule has 1 amide bonds. The number of anilines is 1. The fourth-order valence-electron chi connectivity index (χ4n) is 3.71. The molecule has 8 heteroatoms. The van der Waals surface area contributed by atoms with Crippen LogP contribution >= 0.6 is 24.0 Å². The zero-order valence-corrected chi connectivity index (χ0v) is 20.3. The summed E-state index contributed by atoms with van der Waals surface area (Å²) < 4.78 is 1.99. The Morgan fingerprint density at radius 3 is 2.56 bits per heavy atom. The predicted octanol–water partition coefficient (Wildman–Crippen LogP) is 4.20. The summed E-state index contributed by atoms with van der Waals surface area (Å²) in [6.07, 6.45) is 3.75. The highest BCUT2D eigenvalue weighted by molar-refractivity contribution is 8.26. The molecule has 32 heavy (non-hydrogen) atoms. The summed E-state index contributed by atoms with van der Waals surface area (Å²) in [6.45, 7) is 5.02. The molecule has 3 rings (SSSR count). The van der Waals surface area contributed by atoms with Gasteiger partial charge < -0.3 is 4.90 Å². The molecular formula is C24H26N4O2S2. The number of amides is 1. The number of carbonyl (C=O) groups is 1. The molecule has 1 aliphatic heterocycles. The van der Waals surface area contributed by atoms with Gasteiger partial charge in [-0.3, -0.25) is 19.1 Å². The molecule has 0 atom stereocenters. The summed E-state index contributed by atoms with van der Waals surface area (Å²) in [5.74, 6) is 0.519. The van der Waals surface area contributed by atoms with Gasteiger partial charge in [0.2, 0.25) is 0 Å². The predicted molar refractivity (Wildman–Crippen MR) is 134 cm³/mol. The molecule has 0 N–H and O–H groups in total. The van der Waals surface area contributed by atoms with Crippen LogP contribution in [0.15, 0.2) is 40.0 Å². The maximum absolute atomic E-state index is 13.2. The average molecular weight is 467 g/mol. The van der Waals surface area contributed by atoms with E-state index in [1.54, 1.807) is 24.9 Å². The normalized spacial score (nSPS) is 14.8. The zero-order valence-electron chi connectivity index (χ0n) is 18.7. The summed E-state index contributed by atoms with van der Waals surface area (Å²) in [5.41, 5.74) is 2.02. The minimum atomic E-state index is -0.336. The van der Waals surface area contributed by atoms with Crippen LogP contribution < -0.4 is 10.5 Å². The Kier molecular flexibility index (Phi) is 7.54. The fourth-order valence-corrected chi connectivity index (χ4v) is 4.94. The van der Waals surface area contributed by atoms with Crippen LogP contribution in [0.4, 0.5) is 5.82 Å². The van der Waals surface area contributed by atoms with Gasteiger partial charge in [-0.25, -0.2) is 0 Å². The van der Waals surface area contributed by atoms with Crippen LogP contribution in [0.3, 0.4) is 0 Å². The first-order valence-electron chi connectivity index (χ1n) is 10.4. The number of nitriles is 1. The van der Waals surface area contributed by atoms with E-state index in [0.29, 0.717) is 32.7 Å². The van der Waals surface area contributed by atoms with Crippen molar-refractivity contribution < 1.29 is 4.79 Å². The third-order valence-electron chi connectivity index (χ3n) is 5.51. The van der Waals surface area contributed by atoms with Crippen molar-refractivity contribution in [2.24, 2.45) is 7.05 Å². The molecule has 2 aromatic rings. The van der Waals surface area contributed by atoms with Gasteiger partial charge in [-0.15, -0.1) is 0 Å². The molecule has 0 spiro atoms. The molecule has 166 valence electrons. The van der Waals surface area contributed by atoms with Crippen LogP contribution in [0.1, 0.15) is 42.0 Å². The third kappa shape index (κ3) is 4.64. The van der Waals surface area contributed by atoms with Crippen LogP contribution in [0.5, 0.6) is 0 Å². The summed E-state index contributed by atoms with van der Waals surface area (Å²) >= 11 is 6.74. The minimum Gasteiger partial charge on any atom is -0.360 e. The highest BCUT2D eigenvalue weighted by Gasteiger charge is 2.33. The zero-order chi connectivity index (χ0) is 23.4. The van der Waals surface area contributed by atoms with Crippen molar-refractivity contribution in [1.82, 2.24) is 9.47 Å². The SMILES string of the molecule is CCCCN(C)c1c(C=C2SC(=S)N(Cc3ccccc3)C2=O)c(C)c(C#N)c(=O)n1C. The number of hydrogen-bond donors (Lipinski definition) is 0. The first-order chi connectivity index (χ1) is 15.3. The number of rotatable bonds is 7. The van der Waals surface area contributed by atoms with Crippen molar-refractivity contribution in [2.75, 3.05) is 18.5 Å². The summed E-state index contributed by atoms with van der Waals surface area (Å²) in [5, 5.41) is 9.58. The van der Waals surface area contributed by atoms with E-state index in [0.717, 1.165) is 24.9 Å². The van der Waals surface area contributed by atoms with Crippen molar-refractivity contribution in [3.8, 4) is 6.07 Å². The van der Waals surface area contributed by atoms with Gasteiger partial charge >= 0.3 is 0 Å². The molecule has 2 heterocycles. The maximum atomic E-state index is 13.2. The first-order valence-corrected chi connectivity index (χ1v) is 11.7. The smallest absolute Gasteiger partial charge is 0.270 e. The van der Waals surface area contributed by atoms with Gasteiger partial charge in [-0.05, 0) is 30.5 Å². The lowest BCUT2D eigenvalue weighted by Gasteiger charge is -2.25. The maximum Gasteiger partial charge on any atom is 0.270 e. The summed E-state index contributed by atoms with van der Waals surface area (Å²) in [7, 11) is 3.59. The molecule has 1 aliphatic rings. The average Bonchev–Trinajstić information content (AvgIpc) is 3.04. The van der Waals surface area contributed by atoms with Gasteiger partial charge in [-0.1, -0.05) is 67.7 Å². The van der Waals surface area contributed by atoms with E-state index in [1.165, 1.54) is 16.3 Å². The minimum absolute atomic E-state index is 0.0890. The molecule has 0 radical (unpaired) electrons. The van der Waals surface area contributed by atoms with Crippen molar-refractivity contribution in [3.05, 3.63) is 67.8 Å². The van der Waals surface area contributed by atoms with Gasteiger partial charge in [0.1, 0.15) is 21.8 Å². The Morgan fingerprint density at radius 2 is 1.94 bits per heavy atom. The molecule has 1 aromatic heterocycles. The fraction of sp³-hybridized carbons (Fsp3) is 0.333. The van der Waals surface area contributed by atoms with Gasteiger partial charge in [0.25, 0.3) is 11.5 Å². The Bertz CT molecular complexity index is 1180. The number of unbranched alkanes of at least 4 members (excludes halogenated alkanes) is 1. The van der Waals surface area contributed by atoms with Crippen LogP contribution in [-0.4, -0.2) is 33.3 Å². The second kappa shape index (κ2) is 10.2. The van der Waals surface area contributed by atoms with Crippen molar-refractivity contribution >= 4 is 46.1 Å². The molecule has 1 aromatic carbocycles. The number of thiocarbonyl (C=S) groups is 1. The highest BCUT2D eigenvalue weighted by atomic mass is 32.2. The van der Waals surface area contributed by atoms with E-state index in [4.69, 9.17) is 12.2 Å². The largest absolute Gasteiger partial charge is 0.360 e. The van der Waals surface area contributed by atoms with E-state index in [9.17, 15) is 14.9 Å². The quantitative estimate of drug-likeness (QED) is 0.450. The van der Waals surface area contributed by atoms with E-state index in [-0.39, 0.29) is 17.0 Å². The second-order valence-electron chi connectivity index (χ2n) is 7.74. The Balaban J connectivity index is 2.08. The van der Waals surface area contributed by atoms with E-state index in [2.05, 4.69) is 6.92 Å². The second-order valence-corrected chi connectivity index (χ2v) is 9.42. The van der Waals surface area contributed by atoms with Crippen molar-refractivity contribution in [1.29, 1.82) is 5.26 Å². The highest BCUT2D eigenvalue weighted by Crippen LogP contribution is 2.36.